The predicted octanol–water partition coefficient (Wildman–Crippen LogP) is 2.24. The molecule has 0 atom stereocenters. The normalized spacial score (nSPS) is 16.9. The Morgan fingerprint density at radius 3 is 2.56 bits per heavy atom. The monoisotopic (exact) mass is 222 g/mol. The summed E-state index contributed by atoms with van der Waals surface area (Å²) in [4.78, 5) is 17.3. The topological polar surface area (TPSA) is 33.2 Å². The molecule has 86 valence electrons. The van der Waals surface area contributed by atoms with Crippen LogP contribution in [0.15, 0.2) is 18.3 Å². The van der Waals surface area contributed by atoms with Gasteiger partial charge in [0, 0.05) is 30.9 Å². The average molecular weight is 222 g/mol. The van der Waals surface area contributed by atoms with E-state index in [4.69, 9.17) is 0 Å². The summed E-state index contributed by atoms with van der Waals surface area (Å²) >= 11 is 0. The number of hydrogen-bond donors (Lipinski definition) is 0. The van der Waals surface area contributed by atoms with E-state index >= 15 is 0 Å². The van der Waals surface area contributed by atoms with Crippen molar-refractivity contribution in [1.82, 2.24) is 9.88 Å². The minimum atomic E-state index is -0.597. The van der Waals surface area contributed by atoms with Crippen molar-refractivity contribution in [3.63, 3.8) is 0 Å². The number of amides is 1. The summed E-state index contributed by atoms with van der Waals surface area (Å²) in [6.07, 6.45) is 5.77. The van der Waals surface area contributed by atoms with Crippen molar-refractivity contribution >= 4 is 5.91 Å². The van der Waals surface area contributed by atoms with E-state index in [-0.39, 0.29) is 5.91 Å². The number of carbonyl (C=O) groups is 1. The molecule has 1 aromatic rings. The first kappa shape index (κ1) is 11.0. The molecule has 16 heavy (non-hydrogen) atoms. The van der Waals surface area contributed by atoms with Crippen LogP contribution in [0.3, 0.4) is 0 Å². The van der Waals surface area contributed by atoms with E-state index < -0.39 is 5.95 Å². The Labute approximate surface area is 94.3 Å². The van der Waals surface area contributed by atoms with Crippen LogP contribution in [0.1, 0.15) is 36.0 Å². The summed E-state index contributed by atoms with van der Waals surface area (Å²) in [6, 6.07) is 2.77. The van der Waals surface area contributed by atoms with Crippen LogP contribution in [0.2, 0.25) is 0 Å². The van der Waals surface area contributed by atoms with Crippen molar-refractivity contribution in [2.24, 2.45) is 0 Å². The highest BCUT2D eigenvalue weighted by Crippen LogP contribution is 2.13. The summed E-state index contributed by atoms with van der Waals surface area (Å²) in [5, 5.41) is 0. The molecule has 3 nitrogen and oxygen atoms in total. The summed E-state index contributed by atoms with van der Waals surface area (Å²) < 4.78 is 12.9. The van der Waals surface area contributed by atoms with Gasteiger partial charge in [-0.3, -0.25) is 4.79 Å². The Hall–Kier alpha value is -1.45. The van der Waals surface area contributed by atoms with Gasteiger partial charge in [-0.25, -0.2) is 4.98 Å². The quantitative estimate of drug-likeness (QED) is 0.683. The van der Waals surface area contributed by atoms with Crippen LogP contribution < -0.4 is 0 Å². The third-order valence-corrected chi connectivity index (χ3v) is 2.87. The van der Waals surface area contributed by atoms with E-state index in [1.54, 1.807) is 6.07 Å². The number of aromatic nitrogens is 1. The third kappa shape index (κ3) is 2.56. The maximum absolute atomic E-state index is 12.9. The lowest BCUT2D eigenvalue weighted by atomic mass is 10.2. The molecular formula is C12H15FN2O. The Bertz CT molecular complexity index is 373. The van der Waals surface area contributed by atoms with Gasteiger partial charge in [-0.2, -0.15) is 4.39 Å². The van der Waals surface area contributed by atoms with Crippen molar-refractivity contribution in [2.75, 3.05) is 13.1 Å². The van der Waals surface area contributed by atoms with Gasteiger partial charge in [-0.15, -0.1) is 0 Å². The molecule has 2 rings (SSSR count). The van der Waals surface area contributed by atoms with Crippen LogP contribution in [-0.4, -0.2) is 28.9 Å². The van der Waals surface area contributed by atoms with Crippen LogP contribution in [-0.2, 0) is 0 Å². The van der Waals surface area contributed by atoms with E-state index in [1.807, 2.05) is 4.90 Å². The second kappa shape index (κ2) is 5.05. The fraction of sp³-hybridized carbons (Fsp3) is 0.500. The first-order chi connectivity index (χ1) is 7.77. The largest absolute Gasteiger partial charge is 0.339 e. The molecule has 0 N–H and O–H groups in total. The lowest BCUT2D eigenvalue weighted by Crippen LogP contribution is -2.31. The van der Waals surface area contributed by atoms with Gasteiger partial charge in [0.2, 0.25) is 5.95 Å². The molecule has 1 amide bonds. The van der Waals surface area contributed by atoms with Gasteiger partial charge in [0.1, 0.15) is 0 Å². The van der Waals surface area contributed by atoms with E-state index in [2.05, 4.69) is 4.98 Å². The Morgan fingerprint density at radius 1 is 1.25 bits per heavy atom. The number of hydrogen-bond acceptors (Lipinski definition) is 2. The lowest BCUT2D eigenvalue weighted by Gasteiger charge is -2.20. The van der Waals surface area contributed by atoms with Crippen LogP contribution in [0, 0.1) is 5.95 Å². The minimum absolute atomic E-state index is 0.0804. The Balaban J connectivity index is 2.11. The van der Waals surface area contributed by atoms with Crippen molar-refractivity contribution < 1.29 is 9.18 Å². The maximum atomic E-state index is 12.9. The van der Waals surface area contributed by atoms with Gasteiger partial charge in [0.05, 0.1) is 0 Å². The minimum Gasteiger partial charge on any atom is -0.339 e. The highest BCUT2D eigenvalue weighted by molar-refractivity contribution is 5.94. The molecule has 0 unspecified atom stereocenters. The molecule has 0 saturated carbocycles. The van der Waals surface area contributed by atoms with Crippen LogP contribution in [0.25, 0.3) is 0 Å². The zero-order valence-corrected chi connectivity index (χ0v) is 9.16. The molecule has 1 aromatic heterocycles. The molecule has 0 bridgehead atoms. The van der Waals surface area contributed by atoms with Crippen molar-refractivity contribution in [1.29, 1.82) is 0 Å². The SMILES string of the molecule is O=C(c1ccnc(F)c1)N1CCCCCC1. The molecular weight excluding hydrogens is 207 g/mol. The molecule has 1 aliphatic heterocycles. The average Bonchev–Trinajstić information content (AvgIpc) is 2.56. The fourth-order valence-electron chi connectivity index (χ4n) is 1.99. The van der Waals surface area contributed by atoms with Crippen molar-refractivity contribution in [3.05, 3.63) is 29.8 Å². The van der Waals surface area contributed by atoms with Gasteiger partial charge < -0.3 is 4.90 Å². The first-order valence-electron chi connectivity index (χ1n) is 5.68. The van der Waals surface area contributed by atoms with Gasteiger partial charge in [-0.05, 0) is 18.9 Å². The molecule has 0 aliphatic carbocycles. The standard InChI is InChI=1S/C12H15FN2O/c13-11-9-10(5-6-14-11)12(16)15-7-3-1-2-4-8-15/h5-6,9H,1-4,7-8H2. The van der Waals surface area contributed by atoms with Crippen LogP contribution in [0.4, 0.5) is 4.39 Å². The number of pyridine rings is 1. The lowest BCUT2D eigenvalue weighted by molar-refractivity contribution is 0.0761. The van der Waals surface area contributed by atoms with Crippen LogP contribution >= 0.6 is 0 Å². The molecule has 0 spiro atoms. The number of halogens is 1. The maximum Gasteiger partial charge on any atom is 0.254 e. The predicted molar refractivity (Wildman–Crippen MR) is 58.6 cm³/mol. The van der Waals surface area contributed by atoms with E-state index in [0.717, 1.165) is 25.9 Å². The molecule has 0 aromatic carbocycles. The van der Waals surface area contributed by atoms with Gasteiger partial charge in [-0.1, -0.05) is 12.8 Å². The van der Waals surface area contributed by atoms with Gasteiger partial charge in [0.25, 0.3) is 5.91 Å². The number of rotatable bonds is 1. The molecule has 1 saturated heterocycles. The summed E-state index contributed by atoms with van der Waals surface area (Å²) in [5.41, 5.74) is 0.398. The first-order valence-corrected chi connectivity index (χ1v) is 5.68. The highest BCUT2D eigenvalue weighted by Gasteiger charge is 2.17. The molecule has 1 fully saturated rings. The molecule has 4 heteroatoms. The second-order valence-electron chi connectivity index (χ2n) is 4.07. The Morgan fingerprint density at radius 2 is 1.94 bits per heavy atom. The van der Waals surface area contributed by atoms with Gasteiger partial charge in [0.15, 0.2) is 0 Å². The zero-order valence-electron chi connectivity index (χ0n) is 9.16. The fourth-order valence-corrected chi connectivity index (χ4v) is 1.99. The summed E-state index contributed by atoms with van der Waals surface area (Å²) in [7, 11) is 0. The van der Waals surface area contributed by atoms with Crippen molar-refractivity contribution in [2.45, 2.75) is 25.7 Å². The molecule has 1 aliphatic rings. The summed E-state index contributed by atoms with van der Waals surface area (Å²) in [5.74, 6) is -0.677. The number of likely N-dealkylation sites (tertiary alicyclic amines) is 1. The van der Waals surface area contributed by atoms with Crippen LogP contribution in [0.5, 0.6) is 0 Å². The third-order valence-electron chi connectivity index (χ3n) is 2.87. The molecule has 0 radical (unpaired) electrons. The van der Waals surface area contributed by atoms with Crippen molar-refractivity contribution in [3.8, 4) is 0 Å². The Kier molecular flexibility index (Phi) is 3.49. The van der Waals surface area contributed by atoms with E-state index in [9.17, 15) is 9.18 Å². The molecule has 2 heterocycles. The highest BCUT2D eigenvalue weighted by atomic mass is 19.1. The van der Waals surface area contributed by atoms with E-state index in [1.165, 1.54) is 25.1 Å². The smallest absolute Gasteiger partial charge is 0.254 e. The number of carbonyl (C=O) groups excluding carboxylic acids is 1. The van der Waals surface area contributed by atoms with Gasteiger partial charge >= 0.3 is 0 Å². The summed E-state index contributed by atoms with van der Waals surface area (Å²) in [6.45, 7) is 1.56. The second-order valence-corrected chi connectivity index (χ2v) is 4.07. The zero-order chi connectivity index (χ0) is 11.4. The van der Waals surface area contributed by atoms with E-state index in [0.29, 0.717) is 5.56 Å². The number of nitrogens with zero attached hydrogens (tertiary/aromatic N) is 2.